The molecule has 0 radical (unpaired) electrons. The maximum Gasteiger partial charge on any atom is 0.331 e. The van der Waals surface area contributed by atoms with Crippen molar-refractivity contribution in [3.8, 4) is 0 Å². The van der Waals surface area contributed by atoms with Crippen LogP contribution in [-0.2, 0) is 38.0 Å². The number of cyclic esters (lactones) is 1. The summed E-state index contributed by atoms with van der Waals surface area (Å²) in [4.78, 5) is 11.9. The molecule has 4 aliphatic carbocycles. The summed E-state index contributed by atoms with van der Waals surface area (Å²) in [6, 6.07) is 0. The van der Waals surface area contributed by atoms with Crippen LogP contribution < -0.4 is 0 Å². The molecule has 0 aromatic rings. The number of esters is 1. The molecule has 0 bridgehead atoms. The summed E-state index contributed by atoms with van der Waals surface area (Å²) in [7, 11) is 0. The summed E-state index contributed by atoms with van der Waals surface area (Å²) in [5.41, 5.74) is 0.215. The zero-order valence-electron chi connectivity index (χ0n) is 32.6. The van der Waals surface area contributed by atoms with E-state index in [4.69, 9.17) is 33.2 Å². The van der Waals surface area contributed by atoms with Crippen LogP contribution in [0.4, 0.5) is 0 Å². The van der Waals surface area contributed by atoms with Gasteiger partial charge in [0.1, 0.15) is 24.9 Å². The Balaban J connectivity index is 0.826. The molecule has 13 heteroatoms. The molecule has 1 unspecified atom stereocenters. The number of hydrogen-bond donors (Lipinski definition) is 5. The van der Waals surface area contributed by atoms with Crippen molar-refractivity contribution in [2.24, 2.45) is 34.5 Å². The normalized spacial score (nSPS) is 55.0. The number of aliphatic hydroxyl groups excluding tert-OH is 4. The van der Waals surface area contributed by atoms with Gasteiger partial charge < -0.3 is 58.7 Å². The lowest BCUT2D eigenvalue weighted by molar-refractivity contribution is -0.336. The highest BCUT2D eigenvalue weighted by Gasteiger charge is 2.68. The fourth-order valence-electron chi connectivity index (χ4n) is 12.8. The molecule has 3 saturated heterocycles. The zero-order chi connectivity index (χ0) is 38.3. The van der Waals surface area contributed by atoms with Crippen molar-refractivity contribution < 1.29 is 63.5 Å². The van der Waals surface area contributed by atoms with Gasteiger partial charge in [0.2, 0.25) is 0 Å². The van der Waals surface area contributed by atoms with Crippen LogP contribution in [0.25, 0.3) is 0 Å². The van der Waals surface area contributed by atoms with Gasteiger partial charge in [0.15, 0.2) is 18.9 Å². The third kappa shape index (κ3) is 6.82. The summed E-state index contributed by atoms with van der Waals surface area (Å²) in [6.07, 6.45) is 1.90. The van der Waals surface area contributed by atoms with E-state index in [0.29, 0.717) is 18.4 Å². The van der Waals surface area contributed by atoms with E-state index in [0.717, 1.165) is 63.4 Å². The van der Waals surface area contributed by atoms with Crippen LogP contribution in [0.2, 0.25) is 0 Å². The Bertz CT molecular complexity index is 1370. The topological polar surface area (TPSA) is 183 Å². The van der Waals surface area contributed by atoms with Crippen LogP contribution in [0.3, 0.4) is 0 Å². The highest BCUT2D eigenvalue weighted by molar-refractivity contribution is 5.85. The molecule has 20 atom stereocenters. The predicted molar refractivity (Wildman–Crippen MR) is 191 cm³/mol. The molecule has 13 nitrogen and oxygen atoms in total. The lowest BCUT2D eigenvalue weighted by atomic mass is 9.43. The van der Waals surface area contributed by atoms with Crippen LogP contribution >= 0.6 is 0 Å². The van der Waals surface area contributed by atoms with Gasteiger partial charge in [0, 0.05) is 30.8 Å². The molecule has 8 aliphatic rings. The van der Waals surface area contributed by atoms with E-state index < -0.39 is 79.4 Å². The standard InChI is InChI=1S/C41H64O13/c1-20-36(46)29(42)16-34(49-20)53-38-22(3)51-35(18-31(38)44)54-37-21(2)50-33(17-30(37)43)52-25-8-11-39(4)24(15-25)6-7-28-27(39)9-12-40(5)26(10-13-41(28,40)47)23-14-32(45)48-19-23/h14,20-22,24-31,33-38,42-44,46-47H,6-13,15-19H2,1-5H3/t20-,21-,22-,24-,25+,26?,27+,28-,29+,30+,31+,33+,34+,35+,36-,37-,38-,39+,40-,41+/m1/s1. The number of carbonyl (C=O) groups is 1. The van der Waals surface area contributed by atoms with Crippen molar-refractivity contribution in [2.75, 3.05) is 6.61 Å². The van der Waals surface area contributed by atoms with Crippen molar-refractivity contribution >= 4 is 5.97 Å². The van der Waals surface area contributed by atoms with Crippen LogP contribution in [0.1, 0.15) is 112 Å². The molecule has 0 aromatic carbocycles. The minimum absolute atomic E-state index is 0.0243. The third-order valence-electron chi connectivity index (χ3n) is 15.9. The van der Waals surface area contributed by atoms with E-state index in [2.05, 4.69) is 13.8 Å². The van der Waals surface area contributed by atoms with Crippen molar-refractivity contribution in [1.82, 2.24) is 0 Å². The minimum atomic E-state index is -0.996. The van der Waals surface area contributed by atoms with Crippen LogP contribution in [0.15, 0.2) is 11.6 Å². The summed E-state index contributed by atoms with van der Waals surface area (Å²) in [6.45, 7) is 10.4. The molecule has 4 aliphatic heterocycles. The molecular formula is C41H64O13. The number of ether oxygens (including phenoxy) is 7. The maximum absolute atomic E-state index is 12.6. The van der Waals surface area contributed by atoms with Crippen LogP contribution in [0.5, 0.6) is 0 Å². The van der Waals surface area contributed by atoms with E-state index in [1.807, 2.05) is 6.92 Å². The third-order valence-corrected chi connectivity index (χ3v) is 15.9. The molecule has 54 heavy (non-hydrogen) atoms. The molecule has 306 valence electrons. The van der Waals surface area contributed by atoms with E-state index >= 15 is 0 Å². The van der Waals surface area contributed by atoms with Gasteiger partial charge >= 0.3 is 5.97 Å². The van der Waals surface area contributed by atoms with Crippen LogP contribution in [0, 0.1) is 34.5 Å². The van der Waals surface area contributed by atoms with Gasteiger partial charge in [0.25, 0.3) is 0 Å². The first-order chi connectivity index (χ1) is 25.6. The molecule has 0 aromatic heterocycles. The first-order valence-corrected chi connectivity index (χ1v) is 20.8. The average molecular weight is 765 g/mol. The number of aliphatic hydroxyl groups is 5. The first kappa shape index (κ1) is 39.6. The van der Waals surface area contributed by atoms with E-state index in [-0.39, 0.29) is 54.0 Å². The van der Waals surface area contributed by atoms with Gasteiger partial charge in [-0.05, 0) is 113 Å². The van der Waals surface area contributed by atoms with Gasteiger partial charge in [-0.1, -0.05) is 13.8 Å². The Hall–Kier alpha value is -1.23. The van der Waals surface area contributed by atoms with Gasteiger partial charge in [-0.3, -0.25) is 0 Å². The zero-order valence-corrected chi connectivity index (χ0v) is 32.6. The van der Waals surface area contributed by atoms with Gasteiger partial charge in [-0.25, -0.2) is 4.79 Å². The molecule has 7 fully saturated rings. The SMILES string of the molecule is C[C@H]1O[C@@H](O[C@H]2[C@@H](O)C[C@H](O[C@H]3[C@@H](O)C[C@H](O[C@H]4CC[C@@]5(C)[C@H](CC[C@@H]6[C@@H]5CC[C@]5(C)C(C7=CC(=O)OC7)CC[C@]65O)C4)O[C@@H]3C)O[C@@H]2C)C[C@H](O)[C@@H]1O. The smallest absolute Gasteiger partial charge is 0.331 e. The van der Waals surface area contributed by atoms with Crippen molar-refractivity contribution in [1.29, 1.82) is 0 Å². The highest BCUT2D eigenvalue weighted by atomic mass is 16.7. The van der Waals surface area contributed by atoms with Crippen LogP contribution in [-0.4, -0.2) is 124 Å². The monoisotopic (exact) mass is 764 g/mol. The summed E-state index contributed by atoms with van der Waals surface area (Å²) >= 11 is 0. The molecule has 0 spiro atoms. The Morgan fingerprint density at radius 3 is 1.89 bits per heavy atom. The second kappa shape index (κ2) is 14.9. The molecule has 4 saturated carbocycles. The lowest BCUT2D eigenvalue weighted by Gasteiger charge is -2.64. The molecule has 0 amide bonds. The van der Waals surface area contributed by atoms with Gasteiger partial charge in [-0.15, -0.1) is 0 Å². The molecule has 4 heterocycles. The Morgan fingerprint density at radius 1 is 0.685 bits per heavy atom. The second-order valence-electron chi connectivity index (χ2n) is 18.7. The van der Waals surface area contributed by atoms with Crippen molar-refractivity contribution in [3.05, 3.63) is 11.6 Å². The van der Waals surface area contributed by atoms with Crippen molar-refractivity contribution in [3.63, 3.8) is 0 Å². The maximum atomic E-state index is 12.6. The second-order valence-corrected chi connectivity index (χ2v) is 18.7. The molecule has 5 N–H and O–H groups in total. The highest BCUT2D eigenvalue weighted by Crippen LogP contribution is 2.70. The number of rotatable bonds is 7. The first-order valence-electron chi connectivity index (χ1n) is 20.8. The van der Waals surface area contributed by atoms with Crippen molar-refractivity contribution in [2.45, 2.75) is 197 Å². The molecular weight excluding hydrogens is 700 g/mol. The number of fused-ring (bicyclic) bond motifs is 5. The number of carbonyl (C=O) groups excluding carboxylic acids is 1. The van der Waals surface area contributed by atoms with Gasteiger partial charge in [-0.2, -0.15) is 0 Å². The predicted octanol–water partition coefficient (Wildman–Crippen LogP) is 3.25. The summed E-state index contributed by atoms with van der Waals surface area (Å²) in [5, 5.41) is 55.0. The lowest BCUT2D eigenvalue weighted by Crippen LogP contribution is -2.62. The Morgan fingerprint density at radius 2 is 1.30 bits per heavy atom. The largest absolute Gasteiger partial charge is 0.458 e. The molecule has 8 rings (SSSR count). The fourth-order valence-corrected chi connectivity index (χ4v) is 12.8. The van der Waals surface area contributed by atoms with Gasteiger partial charge in [0.05, 0.1) is 48.3 Å². The number of hydrogen-bond acceptors (Lipinski definition) is 13. The summed E-state index contributed by atoms with van der Waals surface area (Å²) < 4.78 is 42.2. The fraction of sp³-hybridized carbons (Fsp3) is 0.927. The quantitative estimate of drug-likeness (QED) is 0.188. The average Bonchev–Trinajstić information content (AvgIpc) is 3.66. The van der Waals surface area contributed by atoms with E-state index in [9.17, 15) is 30.3 Å². The minimum Gasteiger partial charge on any atom is -0.458 e. The Labute approximate surface area is 319 Å². The van der Waals surface area contributed by atoms with E-state index in [1.165, 1.54) is 0 Å². The summed E-state index contributed by atoms with van der Waals surface area (Å²) in [5.74, 6) is 1.13. The van der Waals surface area contributed by atoms with E-state index in [1.54, 1.807) is 19.9 Å². The Kier molecular flexibility index (Phi) is 10.9.